The first-order chi connectivity index (χ1) is 21.0. The van der Waals surface area contributed by atoms with Gasteiger partial charge in [-0.05, 0) is 131 Å². The maximum atomic E-state index is 10.5. The van der Waals surface area contributed by atoms with Crippen LogP contribution in [0.5, 0.6) is 0 Å². The van der Waals surface area contributed by atoms with E-state index in [4.69, 9.17) is 0 Å². The lowest BCUT2D eigenvalue weighted by Crippen LogP contribution is -2.52. The van der Waals surface area contributed by atoms with Crippen molar-refractivity contribution in [2.75, 3.05) is 0 Å². The quantitative estimate of drug-likeness (QED) is 0.150. The normalized spacial score (nSPS) is 33.1. The van der Waals surface area contributed by atoms with E-state index in [0.717, 1.165) is 49.4 Å². The van der Waals surface area contributed by atoms with Crippen LogP contribution in [-0.2, 0) is 0 Å². The van der Waals surface area contributed by atoms with E-state index in [-0.39, 0.29) is 13.5 Å². The molecule has 0 saturated heterocycles. The van der Waals surface area contributed by atoms with Crippen molar-refractivity contribution in [3.05, 3.63) is 11.6 Å². The number of hydrogen-bond donors (Lipinski definition) is 2. The van der Waals surface area contributed by atoms with E-state index >= 15 is 0 Å². The molecule has 3 saturated carbocycles. The minimum absolute atomic E-state index is 0. The zero-order valence-electron chi connectivity index (χ0n) is 32.6. The molecule has 0 aromatic heterocycles. The van der Waals surface area contributed by atoms with Crippen LogP contribution in [0.4, 0.5) is 0 Å². The van der Waals surface area contributed by atoms with Gasteiger partial charge in [-0.2, -0.15) is 0 Å². The number of aliphatic hydroxyl groups is 2. The molecular weight excluding hydrogens is 548 g/mol. The minimum Gasteiger partial charge on any atom is -0.393 e. The molecule has 0 amide bonds. The lowest BCUT2D eigenvalue weighted by molar-refractivity contribution is -0.0794. The van der Waals surface area contributed by atoms with Gasteiger partial charge in [-0.15, -0.1) is 12.8 Å². The van der Waals surface area contributed by atoms with Crippen molar-refractivity contribution < 1.29 is 10.2 Å². The standard InChI is InChI=1S/C32H56O2.4C2H6.C2H2.CH4/c1-7-10-25(33)21-23-12-15-27-26(22(23)2)14-17-29-28-16-13-24(11-8-9-18-30(3,4)34)31(28,5)19-20-32(27,29)6;5*1-2;/h14,22-25,27-29,33-34H,7-13,15-21H2,1-6H3;4*1-2H3;1-2H;1H4. The van der Waals surface area contributed by atoms with Gasteiger partial charge in [-0.25, -0.2) is 0 Å². The maximum absolute atomic E-state index is 10.5. The van der Waals surface area contributed by atoms with Gasteiger partial charge < -0.3 is 10.2 Å². The molecule has 9 atom stereocenters. The van der Waals surface area contributed by atoms with Gasteiger partial charge in [-0.3, -0.25) is 0 Å². The Bertz CT molecular complexity index is 760. The summed E-state index contributed by atoms with van der Waals surface area (Å²) in [6.45, 7) is 29.9. The highest BCUT2D eigenvalue weighted by molar-refractivity contribution is 5.25. The monoisotopic (exact) mass is 635 g/mol. The predicted molar refractivity (Wildman–Crippen MR) is 206 cm³/mol. The van der Waals surface area contributed by atoms with Crippen molar-refractivity contribution in [2.45, 2.75) is 206 Å². The van der Waals surface area contributed by atoms with Gasteiger partial charge in [0.05, 0.1) is 11.7 Å². The molecule has 4 aliphatic carbocycles. The fraction of sp³-hybridized carbons (Fsp3) is 0.907. The van der Waals surface area contributed by atoms with Crippen molar-refractivity contribution in [3.8, 4) is 12.8 Å². The summed E-state index contributed by atoms with van der Waals surface area (Å²) in [5.41, 5.74) is 2.30. The van der Waals surface area contributed by atoms with Crippen molar-refractivity contribution >= 4 is 0 Å². The van der Waals surface area contributed by atoms with E-state index < -0.39 is 5.60 Å². The van der Waals surface area contributed by atoms with E-state index in [1.165, 1.54) is 64.2 Å². The predicted octanol–water partition coefficient (Wildman–Crippen LogP) is 13.3. The Labute approximate surface area is 286 Å². The highest BCUT2D eigenvalue weighted by Gasteiger charge is 2.60. The summed E-state index contributed by atoms with van der Waals surface area (Å²) in [7, 11) is 0. The molecule has 2 heteroatoms. The Hall–Kier alpha value is -0.780. The van der Waals surface area contributed by atoms with E-state index in [9.17, 15) is 10.2 Å². The van der Waals surface area contributed by atoms with Gasteiger partial charge >= 0.3 is 0 Å². The van der Waals surface area contributed by atoms with Crippen molar-refractivity contribution in [2.24, 2.45) is 46.3 Å². The first kappa shape index (κ1) is 48.6. The summed E-state index contributed by atoms with van der Waals surface area (Å²) in [5, 5.41) is 20.6. The Kier molecular flexibility index (Phi) is 26.3. The van der Waals surface area contributed by atoms with Crippen LogP contribution in [0.1, 0.15) is 194 Å². The first-order valence-corrected chi connectivity index (χ1v) is 19.4. The lowest BCUT2D eigenvalue weighted by Gasteiger charge is -2.60. The average molecular weight is 635 g/mol. The van der Waals surface area contributed by atoms with Gasteiger partial charge in [0.15, 0.2) is 0 Å². The van der Waals surface area contributed by atoms with Gasteiger partial charge in [0.2, 0.25) is 0 Å². The Balaban J connectivity index is -0.00000146. The van der Waals surface area contributed by atoms with E-state index in [0.29, 0.717) is 22.7 Å². The molecule has 0 aromatic carbocycles. The van der Waals surface area contributed by atoms with Crippen LogP contribution in [0, 0.1) is 59.2 Å². The molecule has 2 N–H and O–H groups in total. The Morgan fingerprint density at radius 1 is 0.867 bits per heavy atom. The number of allylic oxidation sites excluding steroid dienone is 2. The van der Waals surface area contributed by atoms with Gasteiger partial charge in [-0.1, -0.05) is 121 Å². The molecule has 0 spiro atoms. The Morgan fingerprint density at radius 2 is 1.42 bits per heavy atom. The smallest absolute Gasteiger partial charge is 0.0591 e. The third-order valence-corrected chi connectivity index (χ3v) is 11.8. The fourth-order valence-corrected chi connectivity index (χ4v) is 9.68. The maximum Gasteiger partial charge on any atom is 0.0591 e. The van der Waals surface area contributed by atoms with Crippen LogP contribution in [-0.4, -0.2) is 21.9 Å². The van der Waals surface area contributed by atoms with Gasteiger partial charge in [0.1, 0.15) is 0 Å². The van der Waals surface area contributed by atoms with Crippen molar-refractivity contribution in [3.63, 3.8) is 0 Å². The summed E-state index contributed by atoms with van der Waals surface area (Å²) >= 11 is 0. The molecular formula is C43H86O2. The number of terminal acetylenes is 1. The molecule has 0 aliphatic heterocycles. The third kappa shape index (κ3) is 12.6. The summed E-state index contributed by atoms with van der Waals surface area (Å²) < 4.78 is 0. The SMILES string of the molecule is C.C#C.CC.CC.CC.CC.CCCC(O)CC1CCC2C(=CCC3C4CCC(CCCCC(C)(C)O)C4(C)CCC23C)C1C. The second-order valence-corrected chi connectivity index (χ2v) is 14.4. The van der Waals surface area contributed by atoms with Crippen LogP contribution in [0.25, 0.3) is 0 Å². The zero-order valence-corrected chi connectivity index (χ0v) is 32.6. The van der Waals surface area contributed by atoms with Crippen LogP contribution < -0.4 is 0 Å². The third-order valence-electron chi connectivity index (χ3n) is 11.8. The average Bonchev–Trinajstić information content (AvgIpc) is 3.37. The van der Waals surface area contributed by atoms with Crippen molar-refractivity contribution in [1.29, 1.82) is 0 Å². The van der Waals surface area contributed by atoms with Gasteiger partial charge in [0, 0.05) is 0 Å². The highest BCUT2D eigenvalue weighted by atomic mass is 16.3. The topological polar surface area (TPSA) is 40.5 Å². The summed E-state index contributed by atoms with van der Waals surface area (Å²) in [5.74, 6) is 4.79. The van der Waals surface area contributed by atoms with Crippen LogP contribution in [0.15, 0.2) is 11.6 Å². The largest absolute Gasteiger partial charge is 0.393 e. The summed E-state index contributed by atoms with van der Waals surface area (Å²) in [6, 6.07) is 0. The Morgan fingerprint density at radius 3 is 1.96 bits per heavy atom. The van der Waals surface area contributed by atoms with Crippen LogP contribution in [0.2, 0.25) is 0 Å². The second kappa shape index (κ2) is 24.4. The second-order valence-electron chi connectivity index (χ2n) is 14.4. The molecule has 2 nitrogen and oxygen atoms in total. The summed E-state index contributed by atoms with van der Waals surface area (Å²) in [4.78, 5) is 0. The lowest BCUT2D eigenvalue weighted by atomic mass is 9.44. The van der Waals surface area contributed by atoms with E-state index in [1.807, 2.05) is 69.2 Å². The number of fused-ring (bicyclic) bond motifs is 5. The molecule has 4 aliphatic rings. The molecule has 45 heavy (non-hydrogen) atoms. The number of aliphatic hydroxyl groups excluding tert-OH is 1. The molecule has 0 radical (unpaired) electrons. The van der Waals surface area contributed by atoms with Crippen LogP contribution in [0.3, 0.4) is 0 Å². The molecule has 9 unspecified atom stereocenters. The molecule has 3 fully saturated rings. The number of unbranched alkanes of at least 4 members (excludes halogenated alkanes) is 1. The molecule has 0 heterocycles. The van der Waals surface area contributed by atoms with Crippen molar-refractivity contribution in [1.82, 2.24) is 0 Å². The van der Waals surface area contributed by atoms with Gasteiger partial charge in [0.25, 0.3) is 0 Å². The number of rotatable bonds is 9. The molecule has 4 rings (SSSR count). The number of hydrogen-bond acceptors (Lipinski definition) is 2. The molecule has 270 valence electrons. The highest BCUT2D eigenvalue weighted by Crippen LogP contribution is 2.69. The van der Waals surface area contributed by atoms with E-state index in [2.05, 4.69) is 46.6 Å². The summed E-state index contributed by atoms with van der Waals surface area (Å²) in [6.07, 6.45) is 28.1. The molecule has 0 bridgehead atoms. The van der Waals surface area contributed by atoms with E-state index in [1.54, 1.807) is 5.57 Å². The molecule has 0 aromatic rings. The first-order valence-electron chi connectivity index (χ1n) is 19.4. The zero-order chi connectivity index (χ0) is 34.7. The fourth-order valence-electron chi connectivity index (χ4n) is 9.68. The minimum atomic E-state index is -0.509. The van der Waals surface area contributed by atoms with Crippen LogP contribution >= 0.6 is 0 Å².